The second kappa shape index (κ2) is 9.40. The molecule has 0 aliphatic rings. The number of nitrogens with one attached hydrogen (secondary N) is 1. The summed E-state index contributed by atoms with van der Waals surface area (Å²) in [6, 6.07) is 17.2. The minimum Gasteiger partial charge on any atom is -0.497 e. The number of anilines is 1. The zero-order valence-electron chi connectivity index (χ0n) is 15.6. The summed E-state index contributed by atoms with van der Waals surface area (Å²) in [5.41, 5.74) is 3.58. The highest BCUT2D eigenvalue weighted by Crippen LogP contribution is 2.31. The number of ether oxygens (including phenoxy) is 1. The van der Waals surface area contributed by atoms with Crippen molar-refractivity contribution in [2.45, 2.75) is 12.7 Å². The fourth-order valence-corrected chi connectivity index (χ4v) is 4.20. The van der Waals surface area contributed by atoms with Gasteiger partial charge in [-0.3, -0.25) is 4.79 Å². The Morgan fingerprint density at radius 2 is 1.93 bits per heavy atom. The summed E-state index contributed by atoms with van der Waals surface area (Å²) in [6.07, 6.45) is 0. The maximum atomic E-state index is 12.2. The topological polar surface area (TPSA) is 75.0 Å². The van der Waals surface area contributed by atoms with E-state index >= 15 is 0 Å². The smallest absolute Gasteiger partial charge is 0.236 e. The molecule has 142 valence electrons. The summed E-state index contributed by atoms with van der Waals surface area (Å²) in [7, 11) is 1.64. The van der Waals surface area contributed by atoms with Crippen LogP contribution in [0, 0.1) is 18.3 Å². The van der Waals surface area contributed by atoms with Crippen molar-refractivity contribution >= 4 is 34.1 Å². The first-order valence-electron chi connectivity index (χ1n) is 8.57. The second-order valence-corrected chi connectivity index (χ2v) is 8.19. The summed E-state index contributed by atoms with van der Waals surface area (Å²) < 4.78 is 5.18. The van der Waals surface area contributed by atoms with Gasteiger partial charge in [-0.1, -0.05) is 12.1 Å². The van der Waals surface area contributed by atoms with Gasteiger partial charge in [0, 0.05) is 16.2 Å². The molecule has 1 aromatic heterocycles. The number of carbonyl (C=O) groups excluding carboxylic acids is 1. The lowest BCUT2D eigenvalue weighted by atomic mass is 10.1. The van der Waals surface area contributed by atoms with Crippen molar-refractivity contribution in [1.82, 2.24) is 4.98 Å². The number of thioether (sulfide) groups is 1. The number of benzene rings is 2. The highest BCUT2D eigenvalue weighted by molar-refractivity contribution is 7.99. The van der Waals surface area contributed by atoms with Gasteiger partial charge >= 0.3 is 0 Å². The lowest BCUT2D eigenvalue weighted by Gasteiger charge is -2.03. The van der Waals surface area contributed by atoms with E-state index in [1.54, 1.807) is 19.2 Å². The van der Waals surface area contributed by atoms with E-state index < -0.39 is 0 Å². The van der Waals surface area contributed by atoms with E-state index in [0.29, 0.717) is 22.2 Å². The van der Waals surface area contributed by atoms with Crippen LogP contribution in [0.1, 0.15) is 16.0 Å². The molecule has 0 spiro atoms. The summed E-state index contributed by atoms with van der Waals surface area (Å²) >= 11 is 2.99. The van der Waals surface area contributed by atoms with Gasteiger partial charge < -0.3 is 10.1 Å². The predicted octanol–water partition coefficient (Wildman–Crippen LogP) is 4.87. The van der Waals surface area contributed by atoms with Gasteiger partial charge in [0.1, 0.15) is 5.75 Å². The third-order valence-electron chi connectivity index (χ3n) is 3.99. The van der Waals surface area contributed by atoms with E-state index in [2.05, 4.69) is 16.4 Å². The van der Waals surface area contributed by atoms with Crippen molar-refractivity contribution in [2.75, 3.05) is 18.2 Å². The molecule has 0 aliphatic heterocycles. The van der Waals surface area contributed by atoms with Crippen molar-refractivity contribution in [3.8, 4) is 23.1 Å². The summed E-state index contributed by atoms with van der Waals surface area (Å²) in [4.78, 5) is 17.8. The standard InChI is InChI=1S/C21H19N3O2S2/c1-14-20(17-7-9-18(26-2)10-8-17)24-21(28-14)23-19(25)13-27-12-16-5-3-15(11-22)4-6-16/h3-10H,12-13H2,1-2H3,(H,23,24,25). The number of nitrogens with zero attached hydrogens (tertiary/aromatic N) is 2. The molecule has 28 heavy (non-hydrogen) atoms. The van der Waals surface area contributed by atoms with Crippen LogP contribution in [0.5, 0.6) is 5.75 Å². The first-order valence-corrected chi connectivity index (χ1v) is 10.5. The van der Waals surface area contributed by atoms with Crippen LogP contribution in [0.3, 0.4) is 0 Å². The number of aryl methyl sites for hydroxylation is 1. The van der Waals surface area contributed by atoms with Crippen LogP contribution < -0.4 is 10.1 Å². The molecule has 0 fully saturated rings. The number of nitriles is 1. The number of amides is 1. The molecule has 0 radical (unpaired) electrons. The number of rotatable bonds is 7. The number of hydrogen-bond donors (Lipinski definition) is 1. The van der Waals surface area contributed by atoms with E-state index in [1.807, 2.05) is 43.3 Å². The fourth-order valence-electron chi connectivity index (χ4n) is 2.56. The van der Waals surface area contributed by atoms with Crippen molar-refractivity contribution in [3.05, 3.63) is 64.5 Å². The minimum absolute atomic E-state index is 0.0753. The van der Waals surface area contributed by atoms with Gasteiger partial charge in [-0.25, -0.2) is 4.98 Å². The quantitative estimate of drug-likeness (QED) is 0.602. The zero-order valence-corrected chi connectivity index (χ0v) is 17.2. The molecule has 0 atom stereocenters. The summed E-state index contributed by atoms with van der Waals surface area (Å²) in [6.45, 7) is 1.99. The van der Waals surface area contributed by atoms with Gasteiger partial charge in [0.25, 0.3) is 0 Å². The molecule has 0 unspecified atom stereocenters. The SMILES string of the molecule is COc1ccc(-c2nc(NC(=O)CSCc3ccc(C#N)cc3)sc2C)cc1. The molecular weight excluding hydrogens is 390 g/mol. The first-order chi connectivity index (χ1) is 13.6. The lowest BCUT2D eigenvalue weighted by molar-refractivity contribution is -0.113. The third-order valence-corrected chi connectivity index (χ3v) is 5.88. The van der Waals surface area contributed by atoms with Gasteiger partial charge in [0.05, 0.1) is 30.2 Å². The highest BCUT2D eigenvalue weighted by Gasteiger charge is 2.12. The predicted molar refractivity (Wildman–Crippen MR) is 115 cm³/mol. The second-order valence-electron chi connectivity index (χ2n) is 6.00. The molecule has 5 nitrogen and oxygen atoms in total. The normalized spacial score (nSPS) is 10.3. The first kappa shape index (κ1) is 19.9. The number of methoxy groups -OCH3 is 1. The molecule has 0 saturated carbocycles. The van der Waals surface area contributed by atoms with Crippen LogP contribution in [0.25, 0.3) is 11.3 Å². The monoisotopic (exact) mass is 409 g/mol. The summed E-state index contributed by atoms with van der Waals surface area (Å²) in [5, 5.41) is 12.3. The maximum absolute atomic E-state index is 12.2. The Kier molecular flexibility index (Phi) is 6.69. The number of hydrogen-bond acceptors (Lipinski definition) is 6. The highest BCUT2D eigenvalue weighted by atomic mass is 32.2. The van der Waals surface area contributed by atoms with Crippen LogP contribution in [0.4, 0.5) is 5.13 Å². The Bertz CT molecular complexity index is 990. The molecule has 0 saturated heterocycles. The number of thiazole rings is 1. The largest absolute Gasteiger partial charge is 0.497 e. The van der Waals surface area contributed by atoms with Gasteiger partial charge in [-0.15, -0.1) is 23.1 Å². The maximum Gasteiger partial charge on any atom is 0.236 e. The number of aromatic nitrogens is 1. The van der Waals surface area contributed by atoms with Crippen LogP contribution in [0.2, 0.25) is 0 Å². The Hall–Kier alpha value is -2.82. The molecular formula is C21H19N3O2S2. The van der Waals surface area contributed by atoms with Crippen molar-refractivity contribution in [2.24, 2.45) is 0 Å². The van der Waals surface area contributed by atoms with Crippen LogP contribution in [0.15, 0.2) is 48.5 Å². The van der Waals surface area contributed by atoms with Gasteiger partial charge in [0.2, 0.25) is 5.91 Å². The molecule has 2 aromatic carbocycles. The fraction of sp³-hybridized carbons (Fsp3) is 0.190. The molecule has 3 rings (SSSR count). The van der Waals surface area contributed by atoms with Gasteiger partial charge in [0.15, 0.2) is 5.13 Å². The molecule has 0 bridgehead atoms. The van der Waals surface area contributed by atoms with E-state index in [0.717, 1.165) is 27.4 Å². The van der Waals surface area contributed by atoms with Gasteiger partial charge in [-0.2, -0.15) is 5.26 Å². The molecule has 1 N–H and O–H groups in total. The molecule has 1 amide bonds. The summed E-state index contributed by atoms with van der Waals surface area (Å²) in [5.74, 6) is 1.78. The van der Waals surface area contributed by atoms with E-state index in [9.17, 15) is 4.79 Å². The van der Waals surface area contributed by atoms with Crippen LogP contribution in [-0.4, -0.2) is 23.8 Å². The Labute approximate surface area is 172 Å². The van der Waals surface area contributed by atoms with E-state index in [1.165, 1.54) is 23.1 Å². The molecule has 0 aliphatic carbocycles. The lowest BCUT2D eigenvalue weighted by Crippen LogP contribution is -2.13. The van der Waals surface area contributed by atoms with Gasteiger partial charge in [-0.05, 0) is 48.9 Å². The average molecular weight is 410 g/mol. The van der Waals surface area contributed by atoms with E-state index in [4.69, 9.17) is 10.00 Å². The van der Waals surface area contributed by atoms with Crippen LogP contribution >= 0.6 is 23.1 Å². The Morgan fingerprint density at radius 1 is 1.21 bits per heavy atom. The van der Waals surface area contributed by atoms with Crippen LogP contribution in [-0.2, 0) is 10.5 Å². The average Bonchev–Trinajstić information content (AvgIpc) is 3.08. The molecule has 3 aromatic rings. The third kappa shape index (κ3) is 5.12. The minimum atomic E-state index is -0.0753. The van der Waals surface area contributed by atoms with Crippen molar-refractivity contribution < 1.29 is 9.53 Å². The Balaban J connectivity index is 1.54. The van der Waals surface area contributed by atoms with E-state index in [-0.39, 0.29) is 5.91 Å². The number of carbonyl (C=O) groups is 1. The molecule has 7 heteroatoms. The zero-order chi connectivity index (χ0) is 19.9. The van der Waals surface area contributed by atoms with Crippen molar-refractivity contribution in [3.63, 3.8) is 0 Å². The Morgan fingerprint density at radius 3 is 2.57 bits per heavy atom. The van der Waals surface area contributed by atoms with Crippen molar-refractivity contribution in [1.29, 1.82) is 5.26 Å². The molecule has 1 heterocycles.